The Balaban J connectivity index is 2.33. The zero-order valence-corrected chi connectivity index (χ0v) is 10.7. The van der Waals surface area contributed by atoms with Crippen LogP contribution < -0.4 is 5.73 Å². The quantitative estimate of drug-likeness (QED) is 0.881. The van der Waals surface area contributed by atoms with Crippen molar-refractivity contribution in [3.05, 3.63) is 34.9 Å². The van der Waals surface area contributed by atoms with Gasteiger partial charge in [0.15, 0.2) is 0 Å². The van der Waals surface area contributed by atoms with E-state index in [0.29, 0.717) is 18.8 Å². The van der Waals surface area contributed by atoms with Crippen molar-refractivity contribution in [1.82, 2.24) is 0 Å². The van der Waals surface area contributed by atoms with Gasteiger partial charge in [-0.3, -0.25) is 0 Å². The van der Waals surface area contributed by atoms with Crippen molar-refractivity contribution in [2.75, 3.05) is 13.2 Å². The number of hydrogen-bond acceptors (Lipinski definition) is 2. The Morgan fingerprint density at radius 1 is 1.39 bits per heavy atom. The van der Waals surface area contributed by atoms with Crippen LogP contribution in [-0.2, 0) is 4.74 Å². The summed E-state index contributed by atoms with van der Waals surface area (Å²) in [5, 5.41) is 0. The van der Waals surface area contributed by atoms with E-state index in [9.17, 15) is 8.78 Å². The second-order valence-corrected chi connectivity index (χ2v) is 5.12. The third-order valence-corrected chi connectivity index (χ3v) is 3.82. The third kappa shape index (κ3) is 2.40. The summed E-state index contributed by atoms with van der Waals surface area (Å²) in [5.41, 5.74) is 6.55. The summed E-state index contributed by atoms with van der Waals surface area (Å²) in [6.07, 6.45) is 0.745. The maximum absolute atomic E-state index is 14.0. The van der Waals surface area contributed by atoms with E-state index < -0.39 is 17.7 Å². The lowest BCUT2D eigenvalue weighted by molar-refractivity contribution is 0.0146. The second-order valence-electron chi connectivity index (χ2n) is 5.12. The summed E-state index contributed by atoms with van der Waals surface area (Å²) in [5.74, 6) is -0.789. The van der Waals surface area contributed by atoms with Crippen LogP contribution in [0.15, 0.2) is 12.1 Å². The van der Waals surface area contributed by atoms with Crippen molar-refractivity contribution in [3.63, 3.8) is 0 Å². The van der Waals surface area contributed by atoms with E-state index >= 15 is 0 Å². The van der Waals surface area contributed by atoms with Crippen molar-refractivity contribution < 1.29 is 13.5 Å². The average molecular weight is 255 g/mol. The second kappa shape index (κ2) is 5.33. The average Bonchev–Trinajstić information content (AvgIpc) is 2.35. The van der Waals surface area contributed by atoms with Gasteiger partial charge in [0.25, 0.3) is 0 Å². The van der Waals surface area contributed by atoms with Crippen molar-refractivity contribution in [1.29, 1.82) is 0 Å². The Morgan fingerprint density at radius 2 is 2.11 bits per heavy atom. The first-order valence-corrected chi connectivity index (χ1v) is 6.30. The molecule has 2 rings (SSSR count). The third-order valence-electron chi connectivity index (χ3n) is 3.82. The molecule has 1 saturated heterocycles. The molecule has 1 aliphatic rings. The highest BCUT2D eigenvalue weighted by Crippen LogP contribution is 2.34. The van der Waals surface area contributed by atoms with E-state index in [1.54, 1.807) is 6.92 Å². The lowest BCUT2D eigenvalue weighted by Gasteiger charge is -2.33. The molecule has 18 heavy (non-hydrogen) atoms. The number of rotatable bonds is 2. The minimum Gasteiger partial charge on any atom is -0.381 e. The van der Waals surface area contributed by atoms with Crippen LogP contribution in [0.25, 0.3) is 0 Å². The summed E-state index contributed by atoms with van der Waals surface area (Å²) < 4.78 is 33.2. The molecule has 3 atom stereocenters. The topological polar surface area (TPSA) is 35.2 Å². The molecule has 1 heterocycles. The van der Waals surface area contributed by atoms with Crippen molar-refractivity contribution in [3.8, 4) is 0 Å². The first kappa shape index (κ1) is 13.4. The standard InChI is InChI=1S/C14H19F2NO/c1-8-3-4-11(15)12(13(8)16)14(17)10-5-6-18-7-9(10)2/h3-4,9-10,14H,5-7,17H2,1-2H3. The van der Waals surface area contributed by atoms with Gasteiger partial charge in [-0.15, -0.1) is 0 Å². The highest BCUT2D eigenvalue weighted by Gasteiger charge is 2.31. The van der Waals surface area contributed by atoms with Gasteiger partial charge in [-0.2, -0.15) is 0 Å². The van der Waals surface area contributed by atoms with E-state index in [2.05, 4.69) is 0 Å². The van der Waals surface area contributed by atoms with Gasteiger partial charge in [0, 0.05) is 24.8 Å². The summed E-state index contributed by atoms with van der Waals surface area (Å²) in [6, 6.07) is 2.12. The molecule has 0 saturated carbocycles. The predicted molar refractivity (Wildman–Crippen MR) is 66.1 cm³/mol. The fraction of sp³-hybridized carbons (Fsp3) is 0.571. The minimum absolute atomic E-state index is 0.0220. The van der Waals surface area contributed by atoms with Gasteiger partial charge in [0.05, 0.1) is 0 Å². The monoisotopic (exact) mass is 255 g/mol. The molecule has 100 valence electrons. The molecule has 0 amide bonds. The Hall–Kier alpha value is -1.00. The molecule has 4 heteroatoms. The molecule has 1 aromatic carbocycles. The molecule has 1 aliphatic heterocycles. The summed E-state index contributed by atoms with van der Waals surface area (Å²) in [6.45, 7) is 4.85. The maximum Gasteiger partial charge on any atom is 0.133 e. The molecule has 0 bridgehead atoms. The van der Waals surface area contributed by atoms with Crippen LogP contribution in [0, 0.1) is 30.4 Å². The Bertz CT molecular complexity index is 436. The Labute approximate surface area is 106 Å². The molecular weight excluding hydrogens is 236 g/mol. The maximum atomic E-state index is 14.0. The molecule has 1 fully saturated rings. The van der Waals surface area contributed by atoms with E-state index in [4.69, 9.17) is 10.5 Å². The van der Waals surface area contributed by atoms with Crippen LogP contribution in [0.1, 0.15) is 30.5 Å². The number of hydrogen-bond donors (Lipinski definition) is 1. The summed E-state index contributed by atoms with van der Waals surface area (Å²) in [4.78, 5) is 0. The molecule has 0 spiro atoms. The molecule has 0 aromatic heterocycles. The van der Waals surface area contributed by atoms with Gasteiger partial charge in [0.2, 0.25) is 0 Å². The molecule has 3 unspecified atom stereocenters. The van der Waals surface area contributed by atoms with Gasteiger partial charge >= 0.3 is 0 Å². The molecule has 2 N–H and O–H groups in total. The Kier molecular flexibility index (Phi) is 3.97. The lowest BCUT2D eigenvalue weighted by Crippen LogP contribution is -2.35. The zero-order valence-electron chi connectivity index (χ0n) is 10.7. The van der Waals surface area contributed by atoms with E-state index in [0.717, 1.165) is 6.42 Å². The fourth-order valence-corrected chi connectivity index (χ4v) is 2.63. The molecule has 0 radical (unpaired) electrons. The van der Waals surface area contributed by atoms with E-state index in [-0.39, 0.29) is 17.4 Å². The number of aryl methyl sites for hydroxylation is 1. The summed E-state index contributed by atoms with van der Waals surface area (Å²) in [7, 11) is 0. The number of ether oxygens (including phenoxy) is 1. The van der Waals surface area contributed by atoms with Crippen molar-refractivity contribution in [2.45, 2.75) is 26.3 Å². The highest BCUT2D eigenvalue weighted by atomic mass is 19.1. The predicted octanol–water partition coefficient (Wildman–Crippen LogP) is 2.95. The normalized spacial score (nSPS) is 26.1. The van der Waals surface area contributed by atoms with Gasteiger partial charge in [0.1, 0.15) is 11.6 Å². The van der Waals surface area contributed by atoms with E-state index in [1.807, 2.05) is 6.92 Å². The molecule has 2 nitrogen and oxygen atoms in total. The number of halogens is 2. The molecular formula is C14H19F2NO. The van der Waals surface area contributed by atoms with Crippen LogP contribution in [0.2, 0.25) is 0 Å². The molecule has 1 aromatic rings. The largest absolute Gasteiger partial charge is 0.381 e. The van der Waals surface area contributed by atoms with Crippen LogP contribution in [-0.4, -0.2) is 13.2 Å². The van der Waals surface area contributed by atoms with Gasteiger partial charge in [-0.05, 0) is 36.8 Å². The van der Waals surface area contributed by atoms with Crippen molar-refractivity contribution >= 4 is 0 Å². The first-order chi connectivity index (χ1) is 8.52. The highest BCUT2D eigenvalue weighted by molar-refractivity contribution is 5.29. The number of benzene rings is 1. The van der Waals surface area contributed by atoms with Gasteiger partial charge in [-0.25, -0.2) is 8.78 Å². The smallest absolute Gasteiger partial charge is 0.133 e. The van der Waals surface area contributed by atoms with Crippen LogP contribution in [0.3, 0.4) is 0 Å². The Morgan fingerprint density at radius 3 is 2.78 bits per heavy atom. The molecule has 0 aliphatic carbocycles. The number of nitrogens with two attached hydrogens (primary N) is 1. The van der Waals surface area contributed by atoms with Gasteiger partial charge < -0.3 is 10.5 Å². The minimum atomic E-state index is -0.608. The van der Waals surface area contributed by atoms with Crippen LogP contribution >= 0.6 is 0 Å². The van der Waals surface area contributed by atoms with E-state index in [1.165, 1.54) is 12.1 Å². The first-order valence-electron chi connectivity index (χ1n) is 6.30. The van der Waals surface area contributed by atoms with Crippen LogP contribution in [0.5, 0.6) is 0 Å². The fourth-order valence-electron chi connectivity index (χ4n) is 2.63. The SMILES string of the molecule is Cc1ccc(F)c(C(N)C2CCOCC2C)c1F. The lowest BCUT2D eigenvalue weighted by atomic mass is 9.80. The van der Waals surface area contributed by atoms with Crippen LogP contribution in [0.4, 0.5) is 8.78 Å². The van der Waals surface area contributed by atoms with Gasteiger partial charge in [-0.1, -0.05) is 13.0 Å². The van der Waals surface area contributed by atoms with Crippen molar-refractivity contribution in [2.24, 2.45) is 17.6 Å². The zero-order chi connectivity index (χ0) is 13.3. The summed E-state index contributed by atoms with van der Waals surface area (Å²) >= 11 is 0.